The molecular formula is C9H8N4O2. The van der Waals surface area contributed by atoms with Crippen LogP contribution in [0.3, 0.4) is 0 Å². The molecule has 0 saturated carbocycles. The molecule has 0 aromatic carbocycles. The third-order valence-electron chi connectivity index (χ3n) is 1.64. The number of nitrogens with zero attached hydrogens (tertiary/aromatic N) is 3. The first-order chi connectivity index (χ1) is 7.19. The molecule has 0 saturated heterocycles. The Hall–Kier alpha value is -2.26. The molecule has 0 aliphatic rings. The quantitative estimate of drug-likeness (QED) is 0.579. The van der Waals surface area contributed by atoms with Crippen LogP contribution in [0.15, 0.2) is 18.3 Å². The van der Waals surface area contributed by atoms with E-state index in [2.05, 4.69) is 4.98 Å². The molecule has 0 amide bonds. The molecule has 6 heteroatoms. The van der Waals surface area contributed by atoms with Gasteiger partial charge in [-0.3, -0.25) is 10.1 Å². The lowest BCUT2D eigenvalue weighted by molar-refractivity contribution is -0.385. The Morgan fingerprint density at radius 1 is 1.73 bits per heavy atom. The van der Waals surface area contributed by atoms with E-state index in [1.54, 1.807) is 18.2 Å². The molecule has 0 bridgehead atoms. The zero-order valence-corrected chi connectivity index (χ0v) is 7.75. The van der Waals surface area contributed by atoms with Gasteiger partial charge in [-0.1, -0.05) is 12.2 Å². The Morgan fingerprint density at radius 2 is 2.47 bits per heavy atom. The smallest absolute Gasteiger partial charge is 0.306 e. The summed E-state index contributed by atoms with van der Waals surface area (Å²) in [7, 11) is 0. The van der Waals surface area contributed by atoms with Gasteiger partial charge in [0.1, 0.15) is 6.07 Å². The predicted molar refractivity (Wildman–Crippen MR) is 53.7 cm³/mol. The first-order valence-electron chi connectivity index (χ1n) is 4.10. The third kappa shape index (κ3) is 2.59. The number of pyridine rings is 1. The van der Waals surface area contributed by atoms with Crippen molar-refractivity contribution in [2.24, 2.45) is 5.73 Å². The Morgan fingerprint density at radius 3 is 3.00 bits per heavy atom. The maximum atomic E-state index is 10.6. The summed E-state index contributed by atoms with van der Waals surface area (Å²) in [4.78, 5) is 13.6. The average Bonchev–Trinajstić information content (AvgIpc) is 2.25. The van der Waals surface area contributed by atoms with E-state index >= 15 is 0 Å². The van der Waals surface area contributed by atoms with Gasteiger partial charge >= 0.3 is 5.69 Å². The van der Waals surface area contributed by atoms with Gasteiger partial charge in [-0.05, 0) is 5.56 Å². The Labute approximate surface area is 85.8 Å². The highest BCUT2D eigenvalue weighted by atomic mass is 16.6. The van der Waals surface area contributed by atoms with Gasteiger partial charge in [-0.15, -0.1) is 0 Å². The van der Waals surface area contributed by atoms with Gasteiger partial charge < -0.3 is 5.73 Å². The zero-order valence-electron chi connectivity index (χ0n) is 7.75. The van der Waals surface area contributed by atoms with Crippen LogP contribution in [0.5, 0.6) is 0 Å². The van der Waals surface area contributed by atoms with Crippen LogP contribution in [0.4, 0.5) is 5.69 Å². The second-order valence-electron chi connectivity index (χ2n) is 2.64. The summed E-state index contributed by atoms with van der Waals surface area (Å²) in [6.07, 6.45) is 4.64. The fraction of sp³-hybridized carbons (Fsp3) is 0.111. The van der Waals surface area contributed by atoms with Crippen LogP contribution in [0, 0.1) is 21.4 Å². The fourth-order valence-electron chi connectivity index (χ4n) is 0.989. The van der Waals surface area contributed by atoms with Crippen LogP contribution >= 0.6 is 0 Å². The van der Waals surface area contributed by atoms with Gasteiger partial charge in [0.25, 0.3) is 0 Å². The molecule has 0 spiro atoms. The lowest BCUT2D eigenvalue weighted by atomic mass is 10.2. The molecule has 1 heterocycles. The second kappa shape index (κ2) is 4.83. The Bertz CT molecular complexity index is 448. The van der Waals surface area contributed by atoms with Crippen LogP contribution in [0.25, 0.3) is 6.08 Å². The van der Waals surface area contributed by atoms with Crippen LogP contribution in [0.2, 0.25) is 0 Å². The molecule has 6 nitrogen and oxygen atoms in total. The highest BCUT2D eigenvalue weighted by Gasteiger charge is 2.14. The lowest BCUT2D eigenvalue weighted by Gasteiger charge is -1.95. The molecule has 0 atom stereocenters. The minimum absolute atomic E-state index is 0.190. The normalized spacial score (nSPS) is 10.1. The SMILES string of the molecule is N#Cc1ncc(C=CCN)cc1[N+](=O)[O-]. The van der Waals surface area contributed by atoms with Crippen molar-refractivity contribution in [3.05, 3.63) is 39.7 Å². The first-order valence-corrected chi connectivity index (χ1v) is 4.10. The molecule has 0 aliphatic carbocycles. The second-order valence-corrected chi connectivity index (χ2v) is 2.64. The van der Waals surface area contributed by atoms with Gasteiger partial charge in [0.2, 0.25) is 5.69 Å². The number of rotatable bonds is 3. The topological polar surface area (TPSA) is 106 Å². The number of hydrogen-bond donors (Lipinski definition) is 1. The predicted octanol–water partition coefficient (Wildman–Crippen LogP) is 0.833. The number of aromatic nitrogens is 1. The molecule has 0 unspecified atom stereocenters. The number of nitrogens with two attached hydrogens (primary N) is 1. The van der Waals surface area contributed by atoms with E-state index in [-0.39, 0.29) is 11.4 Å². The molecule has 76 valence electrons. The molecule has 2 N–H and O–H groups in total. The largest absolute Gasteiger partial charge is 0.327 e. The van der Waals surface area contributed by atoms with Gasteiger partial charge in [0, 0.05) is 18.8 Å². The van der Waals surface area contributed by atoms with Crippen LogP contribution < -0.4 is 5.73 Å². The number of nitro groups is 1. The molecule has 0 fully saturated rings. The van der Waals surface area contributed by atoms with E-state index in [9.17, 15) is 10.1 Å². The van der Waals surface area contributed by atoms with Crippen molar-refractivity contribution in [2.75, 3.05) is 6.54 Å². The molecule has 1 rings (SSSR count). The monoisotopic (exact) mass is 204 g/mol. The minimum Gasteiger partial charge on any atom is -0.327 e. The summed E-state index contributed by atoms with van der Waals surface area (Å²) < 4.78 is 0. The van der Waals surface area contributed by atoms with Gasteiger partial charge in [0.15, 0.2) is 0 Å². The minimum atomic E-state index is -0.634. The maximum Gasteiger partial charge on any atom is 0.306 e. The summed E-state index contributed by atoms with van der Waals surface area (Å²) in [6, 6.07) is 2.95. The number of nitriles is 1. The van der Waals surface area contributed by atoms with Crippen LogP contribution in [-0.2, 0) is 0 Å². The van der Waals surface area contributed by atoms with Crippen molar-refractivity contribution in [3.8, 4) is 6.07 Å². The van der Waals surface area contributed by atoms with Crippen molar-refractivity contribution < 1.29 is 4.92 Å². The van der Waals surface area contributed by atoms with E-state index < -0.39 is 4.92 Å². The molecule has 15 heavy (non-hydrogen) atoms. The Kier molecular flexibility index (Phi) is 3.49. The van der Waals surface area contributed by atoms with Crippen molar-refractivity contribution in [3.63, 3.8) is 0 Å². The van der Waals surface area contributed by atoms with Crippen LogP contribution in [-0.4, -0.2) is 16.5 Å². The molecule has 0 radical (unpaired) electrons. The fourth-order valence-corrected chi connectivity index (χ4v) is 0.989. The molecule has 1 aromatic heterocycles. The number of hydrogen-bond acceptors (Lipinski definition) is 5. The van der Waals surface area contributed by atoms with E-state index in [1.807, 2.05) is 0 Å². The van der Waals surface area contributed by atoms with Crippen molar-refractivity contribution in [2.45, 2.75) is 0 Å². The lowest BCUT2D eigenvalue weighted by Crippen LogP contribution is -1.96. The molecular weight excluding hydrogens is 196 g/mol. The summed E-state index contributed by atoms with van der Waals surface area (Å²) in [5.41, 5.74) is 5.30. The summed E-state index contributed by atoms with van der Waals surface area (Å²) in [5, 5.41) is 19.2. The van der Waals surface area contributed by atoms with Gasteiger partial charge in [-0.2, -0.15) is 5.26 Å². The van der Waals surface area contributed by atoms with Crippen molar-refractivity contribution in [1.82, 2.24) is 4.98 Å². The maximum absolute atomic E-state index is 10.6. The highest BCUT2D eigenvalue weighted by molar-refractivity contribution is 5.55. The Balaban J connectivity index is 3.17. The van der Waals surface area contributed by atoms with Gasteiger partial charge in [-0.25, -0.2) is 4.98 Å². The molecule has 1 aromatic rings. The van der Waals surface area contributed by atoms with Crippen molar-refractivity contribution in [1.29, 1.82) is 5.26 Å². The van der Waals surface area contributed by atoms with Crippen molar-refractivity contribution >= 4 is 11.8 Å². The van der Waals surface area contributed by atoms with E-state index in [0.29, 0.717) is 12.1 Å². The summed E-state index contributed by atoms with van der Waals surface area (Å²) >= 11 is 0. The summed E-state index contributed by atoms with van der Waals surface area (Å²) in [6.45, 7) is 0.341. The van der Waals surface area contributed by atoms with E-state index in [4.69, 9.17) is 11.0 Å². The third-order valence-corrected chi connectivity index (χ3v) is 1.64. The molecule has 0 aliphatic heterocycles. The first kappa shape index (κ1) is 10.8. The van der Waals surface area contributed by atoms with Crippen LogP contribution in [0.1, 0.15) is 11.3 Å². The van der Waals surface area contributed by atoms with E-state index in [1.165, 1.54) is 12.3 Å². The van der Waals surface area contributed by atoms with Gasteiger partial charge in [0.05, 0.1) is 4.92 Å². The average molecular weight is 204 g/mol. The van der Waals surface area contributed by atoms with E-state index in [0.717, 1.165) is 0 Å². The standard InChI is InChI=1S/C9H8N4O2/c10-3-1-2-7-4-9(13(14)15)8(5-11)12-6-7/h1-2,4,6H,3,10H2. The summed E-state index contributed by atoms with van der Waals surface area (Å²) in [5.74, 6) is 0. The highest BCUT2D eigenvalue weighted by Crippen LogP contribution is 2.17. The zero-order chi connectivity index (χ0) is 11.3.